The molecule has 4 heteroatoms. The second-order valence-corrected chi connectivity index (χ2v) is 4.52. The van der Waals surface area contributed by atoms with E-state index in [2.05, 4.69) is 23.7 Å². The number of thiazole rings is 1. The summed E-state index contributed by atoms with van der Waals surface area (Å²) < 4.78 is 5.32. The number of ether oxygens (including phenoxy) is 1. The van der Waals surface area contributed by atoms with Crippen molar-refractivity contribution in [2.24, 2.45) is 0 Å². The molecule has 0 unspecified atom stereocenters. The first-order valence-corrected chi connectivity index (χ1v) is 5.92. The van der Waals surface area contributed by atoms with Crippen LogP contribution in [0.25, 0.3) is 0 Å². The van der Waals surface area contributed by atoms with Crippen LogP contribution in [0.2, 0.25) is 0 Å². The van der Waals surface area contributed by atoms with Crippen LogP contribution in [0.1, 0.15) is 17.5 Å². The lowest BCUT2D eigenvalue weighted by Gasteiger charge is -2.26. The summed E-state index contributed by atoms with van der Waals surface area (Å²) in [6.07, 6.45) is 1.09. The zero-order chi connectivity index (χ0) is 9.97. The molecule has 1 aliphatic heterocycles. The maximum Gasteiger partial charge on any atom is 0.185 e. The van der Waals surface area contributed by atoms with Gasteiger partial charge in [0.25, 0.3) is 0 Å². The molecule has 0 aliphatic carbocycles. The second kappa shape index (κ2) is 4.28. The van der Waals surface area contributed by atoms with Gasteiger partial charge < -0.3 is 9.64 Å². The summed E-state index contributed by atoms with van der Waals surface area (Å²) in [5, 5.41) is 1.17. The van der Waals surface area contributed by atoms with E-state index >= 15 is 0 Å². The number of hydrogen-bond acceptors (Lipinski definition) is 4. The smallest absolute Gasteiger partial charge is 0.185 e. The highest BCUT2D eigenvalue weighted by atomic mass is 32.1. The van der Waals surface area contributed by atoms with Gasteiger partial charge in [0.05, 0.1) is 18.9 Å². The van der Waals surface area contributed by atoms with Crippen LogP contribution in [-0.4, -0.2) is 31.3 Å². The molecule has 2 rings (SSSR count). The van der Waals surface area contributed by atoms with Gasteiger partial charge in [-0.1, -0.05) is 6.92 Å². The minimum absolute atomic E-state index is 0.833. The van der Waals surface area contributed by atoms with E-state index in [0.29, 0.717) is 0 Å². The largest absolute Gasteiger partial charge is 0.378 e. The summed E-state index contributed by atoms with van der Waals surface area (Å²) in [4.78, 5) is 8.32. The summed E-state index contributed by atoms with van der Waals surface area (Å²) in [6.45, 7) is 7.91. The van der Waals surface area contributed by atoms with Crippen LogP contribution in [0, 0.1) is 6.92 Å². The van der Waals surface area contributed by atoms with Gasteiger partial charge in [-0.2, -0.15) is 0 Å². The molecule has 14 heavy (non-hydrogen) atoms. The molecule has 0 saturated carbocycles. The summed E-state index contributed by atoms with van der Waals surface area (Å²) in [5.41, 5.74) is 1.19. The van der Waals surface area contributed by atoms with E-state index in [0.717, 1.165) is 32.7 Å². The Labute approximate surface area is 88.7 Å². The first kappa shape index (κ1) is 9.93. The Balaban J connectivity index is 2.14. The predicted octanol–water partition coefficient (Wildman–Crippen LogP) is 1.85. The van der Waals surface area contributed by atoms with Gasteiger partial charge in [0.2, 0.25) is 0 Å². The predicted molar refractivity (Wildman–Crippen MR) is 59.3 cm³/mol. The van der Waals surface area contributed by atoms with Crippen LogP contribution in [0.4, 0.5) is 5.13 Å². The highest BCUT2D eigenvalue weighted by molar-refractivity contribution is 7.15. The van der Waals surface area contributed by atoms with Gasteiger partial charge in [-0.25, -0.2) is 4.98 Å². The van der Waals surface area contributed by atoms with Crippen molar-refractivity contribution in [3.63, 3.8) is 0 Å². The molecule has 1 aliphatic rings. The number of aromatic nitrogens is 1. The van der Waals surface area contributed by atoms with E-state index in [4.69, 9.17) is 4.74 Å². The number of rotatable bonds is 2. The van der Waals surface area contributed by atoms with Gasteiger partial charge in [0.1, 0.15) is 0 Å². The maximum atomic E-state index is 5.32. The fraction of sp³-hybridized carbons (Fsp3) is 0.700. The quantitative estimate of drug-likeness (QED) is 0.748. The molecule has 78 valence electrons. The molecule has 0 aromatic carbocycles. The summed E-state index contributed by atoms with van der Waals surface area (Å²) in [6, 6.07) is 0. The zero-order valence-corrected chi connectivity index (χ0v) is 9.56. The topological polar surface area (TPSA) is 25.4 Å². The molecular formula is C10H16N2OS. The standard InChI is InChI=1S/C10H16N2OS/c1-3-9-8(2)11-10(14-9)12-4-6-13-7-5-12/h3-7H2,1-2H3. The van der Waals surface area contributed by atoms with Crippen LogP contribution in [-0.2, 0) is 11.2 Å². The molecular weight excluding hydrogens is 196 g/mol. The second-order valence-electron chi connectivity index (χ2n) is 3.46. The Hall–Kier alpha value is -0.610. The summed E-state index contributed by atoms with van der Waals surface area (Å²) in [7, 11) is 0. The van der Waals surface area contributed by atoms with Crippen molar-refractivity contribution in [1.82, 2.24) is 4.98 Å². The molecule has 0 atom stereocenters. The third-order valence-corrected chi connectivity index (χ3v) is 3.85. The van der Waals surface area contributed by atoms with E-state index in [1.807, 2.05) is 11.3 Å². The number of hydrogen-bond donors (Lipinski definition) is 0. The molecule has 0 amide bonds. The number of morpholine rings is 1. The molecule has 0 spiro atoms. The van der Waals surface area contributed by atoms with Crippen molar-refractivity contribution < 1.29 is 4.74 Å². The van der Waals surface area contributed by atoms with Gasteiger partial charge in [0.15, 0.2) is 5.13 Å². The third-order valence-electron chi connectivity index (χ3n) is 2.48. The summed E-state index contributed by atoms with van der Waals surface area (Å²) >= 11 is 1.83. The van der Waals surface area contributed by atoms with Crippen molar-refractivity contribution in [3.05, 3.63) is 10.6 Å². The van der Waals surface area contributed by atoms with E-state index in [9.17, 15) is 0 Å². The van der Waals surface area contributed by atoms with Gasteiger partial charge in [0, 0.05) is 18.0 Å². The number of aryl methyl sites for hydroxylation is 2. The first-order chi connectivity index (χ1) is 6.81. The number of nitrogens with zero attached hydrogens (tertiary/aromatic N) is 2. The van der Waals surface area contributed by atoms with Crippen molar-refractivity contribution in [2.45, 2.75) is 20.3 Å². The lowest BCUT2D eigenvalue weighted by molar-refractivity contribution is 0.122. The van der Waals surface area contributed by atoms with E-state index in [1.165, 1.54) is 15.7 Å². The highest BCUT2D eigenvalue weighted by Crippen LogP contribution is 2.26. The molecule has 3 nitrogen and oxygen atoms in total. The van der Waals surface area contributed by atoms with E-state index in [1.54, 1.807) is 0 Å². The SMILES string of the molecule is CCc1sc(N2CCOCC2)nc1C. The molecule has 2 heterocycles. The van der Waals surface area contributed by atoms with Crippen molar-refractivity contribution in [1.29, 1.82) is 0 Å². The molecule has 1 saturated heterocycles. The van der Waals surface area contributed by atoms with Crippen molar-refractivity contribution in [3.8, 4) is 0 Å². The van der Waals surface area contributed by atoms with Gasteiger partial charge in [-0.3, -0.25) is 0 Å². The molecule has 0 bridgehead atoms. The van der Waals surface area contributed by atoms with Crippen molar-refractivity contribution >= 4 is 16.5 Å². The summed E-state index contributed by atoms with van der Waals surface area (Å²) in [5.74, 6) is 0. The molecule has 0 radical (unpaired) electrons. The Morgan fingerprint density at radius 2 is 2.14 bits per heavy atom. The maximum absolute atomic E-state index is 5.32. The monoisotopic (exact) mass is 212 g/mol. The van der Waals surface area contributed by atoms with Crippen LogP contribution < -0.4 is 4.90 Å². The van der Waals surface area contributed by atoms with Gasteiger partial charge in [-0.05, 0) is 13.3 Å². The Morgan fingerprint density at radius 1 is 1.43 bits per heavy atom. The molecule has 1 aromatic heterocycles. The number of anilines is 1. The van der Waals surface area contributed by atoms with Crippen LogP contribution >= 0.6 is 11.3 Å². The minimum atomic E-state index is 0.833. The van der Waals surface area contributed by atoms with Gasteiger partial charge in [-0.15, -0.1) is 11.3 Å². The van der Waals surface area contributed by atoms with Crippen LogP contribution in [0.3, 0.4) is 0 Å². The zero-order valence-electron chi connectivity index (χ0n) is 8.75. The fourth-order valence-electron chi connectivity index (χ4n) is 1.63. The van der Waals surface area contributed by atoms with Crippen molar-refractivity contribution in [2.75, 3.05) is 31.2 Å². The lowest BCUT2D eigenvalue weighted by atomic mass is 10.3. The van der Waals surface area contributed by atoms with Crippen LogP contribution in [0.5, 0.6) is 0 Å². The average Bonchev–Trinajstić information content (AvgIpc) is 2.61. The molecule has 0 N–H and O–H groups in total. The Bertz CT molecular complexity index is 305. The third kappa shape index (κ3) is 1.91. The normalized spacial score (nSPS) is 17.4. The van der Waals surface area contributed by atoms with Gasteiger partial charge >= 0.3 is 0 Å². The first-order valence-electron chi connectivity index (χ1n) is 5.10. The Morgan fingerprint density at radius 3 is 2.71 bits per heavy atom. The minimum Gasteiger partial charge on any atom is -0.378 e. The van der Waals surface area contributed by atoms with Crippen LogP contribution in [0.15, 0.2) is 0 Å². The average molecular weight is 212 g/mol. The fourth-order valence-corrected chi connectivity index (χ4v) is 2.68. The molecule has 1 aromatic rings. The lowest BCUT2D eigenvalue weighted by Crippen LogP contribution is -2.36. The highest BCUT2D eigenvalue weighted by Gasteiger charge is 2.15. The van der Waals surface area contributed by atoms with E-state index < -0.39 is 0 Å². The van der Waals surface area contributed by atoms with E-state index in [-0.39, 0.29) is 0 Å². The molecule has 1 fully saturated rings. The Kier molecular flexibility index (Phi) is 3.03.